The number of halogens is 4. The fourth-order valence-electron chi connectivity index (χ4n) is 1.88. The predicted molar refractivity (Wildman–Crippen MR) is 92.1 cm³/mol. The van der Waals surface area contributed by atoms with Crippen molar-refractivity contribution in [3.8, 4) is 12.0 Å². The second-order valence-electron chi connectivity index (χ2n) is 5.35. The van der Waals surface area contributed by atoms with E-state index >= 15 is 0 Å². The molecule has 0 bridgehead atoms. The van der Waals surface area contributed by atoms with E-state index in [1.165, 1.54) is 0 Å². The fourth-order valence-corrected chi connectivity index (χ4v) is 1.88. The Hall–Kier alpha value is -2.43. The second-order valence-corrected chi connectivity index (χ2v) is 5.35. The zero-order valence-electron chi connectivity index (χ0n) is 15.0. The van der Waals surface area contributed by atoms with Gasteiger partial charge in [0, 0.05) is 0 Å². The molecule has 0 saturated carbocycles. The molecule has 11 heteroatoms. The lowest BCUT2D eigenvalue weighted by molar-refractivity contribution is 0.275. The van der Waals surface area contributed by atoms with E-state index in [0.29, 0.717) is 23.6 Å². The summed E-state index contributed by atoms with van der Waals surface area (Å²) in [5.74, 6) is 0.572. The van der Waals surface area contributed by atoms with Gasteiger partial charge in [0.1, 0.15) is 5.69 Å². The number of nitrogens with zero attached hydrogens (tertiary/aromatic N) is 4. The molecule has 0 spiro atoms. The molecule has 26 heavy (non-hydrogen) atoms. The number of hydrogen-bond donors (Lipinski definition) is 0. The highest BCUT2D eigenvalue weighted by atomic mass is 19.5. The predicted octanol–water partition coefficient (Wildman–Crippen LogP) is 3.87. The summed E-state index contributed by atoms with van der Waals surface area (Å²) in [6.07, 6.45) is 0. The smallest absolute Gasteiger partial charge is 0.463 e. The van der Waals surface area contributed by atoms with Gasteiger partial charge in [-0.1, -0.05) is 18.2 Å². The summed E-state index contributed by atoms with van der Waals surface area (Å²) in [7, 11) is -1.98. The van der Waals surface area contributed by atoms with Crippen molar-refractivity contribution >= 4 is 18.9 Å². The maximum Gasteiger partial charge on any atom is 0.673 e. The zero-order chi connectivity index (χ0) is 19.8. The number of aromatic nitrogens is 3. The Bertz CT molecular complexity index is 657. The molecule has 0 saturated heterocycles. The van der Waals surface area contributed by atoms with Crippen molar-refractivity contribution in [3.05, 3.63) is 30.3 Å². The Morgan fingerprint density at radius 1 is 0.846 bits per heavy atom. The molecular formula is C15H21BF4N4O2. The van der Waals surface area contributed by atoms with Gasteiger partial charge in [0.05, 0.1) is 27.3 Å². The lowest BCUT2D eigenvalue weighted by Gasteiger charge is -2.26. The monoisotopic (exact) mass is 376 g/mol. The van der Waals surface area contributed by atoms with Crippen molar-refractivity contribution in [1.29, 1.82) is 0 Å². The summed E-state index contributed by atoms with van der Waals surface area (Å²) in [4.78, 5) is 12.9. The van der Waals surface area contributed by atoms with Crippen molar-refractivity contribution < 1.29 is 26.7 Å². The standard InChI is InChI=1S/C15H21N4O2.BF4/c1-5-20-14-16-13(17-15(18-14)21-6-2)19(3,4)12-10-8-7-9-11-12;2-1(3,4)5/h7-11H,5-6H2,1-4H3;/q+1;-1. The van der Waals surface area contributed by atoms with E-state index in [1.54, 1.807) is 0 Å². The number of benzene rings is 1. The lowest BCUT2D eigenvalue weighted by atomic mass is 10.3. The minimum Gasteiger partial charge on any atom is -0.463 e. The maximum atomic E-state index is 9.75. The molecule has 0 amide bonds. The molecule has 0 aliphatic heterocycles. The van der Waals surface area contributed by atoms with Crippen LogP contribution in [-0.2, 0) is 0 Å². The first-order valence-corrected chi connectivity index (χ1v) is 7.87. The third-order valence-corrected chi connectivity index (χ3v) is 3.03. The van der Waals surface area contributed by atoms with Crippen LogP contribution in [0.2, 0.25) is 0 Å². The first-order chi connectivity index (χ1) is 12.1. The van der Waals surface area contributed by atoms with Gasteiger partial charge >= 0.3 is 25.2 Å². The molecular weight excluding hydrogens is 355 g/mol. The van der Waals surface area contributed by atoms with Crippen LogP contribution in [0.15, 0.2) is 30.3 Å². The van der Waals surface area contributed by atoms with E-state index in [1.807, 2.05) is 58.3 Å². The van der Waals surface area contributed by atoms with Crippen LogP contribution in [0.4, 0.5) is 28.9 Å². The summed E-state index contributed by atoms with van der Waals surface area (Å²) < 4.78 is 50.2. The van der Waals surface area contributed by atoms with Gasteiger partial charge in [-0.15, -0.1) is 15.0 Å². The molecule has 0 atom stereocenters. The van der Waals surface area contributed by atoms with Gasteiger partial charge in [-0.3, -0.25) is 0 Å². The number of ether oxygens (including phenoxy) is 2. The van der Waals surface area contributed by atoms with Crippen LogP contribution in [0.1, 0.15) is 13.8 Å². The van der Waals surface area contributed by atoms with Gasteiger partial charge in [0.2, 0.25) is 0 Å². The molecule has 1 aromatic carbocycles. The van der Waals surface area contributed by atoms with Crippen molar-refractivity contribution in [2.45, 2.75) is 13.8 Å². The molecule has 0 aliphatic carbocycles. The molecule has 2 aromatic rings. The quantitative estimate of drug-likeness (QED) is 0.435. The Morgan fingerprint density at radius 3 is 1.65 bits per heavy atom. The number of hydrogen-bond acceptors (Lipinski definition) is 5. The van der Waals surface area contributed by atoms with E-state index in [2.05, 4.69) is 15.0 Å². The van der Waals surface area contributed by atoms with Crippen LogP contribution in [0.25, 0.3) is 0 Å². The third-order valence-electron chi connectivity index (χ3n) is 3.03. The first-order valence-electron chi connectivity index (χ1n) is 7.87. The van der Waals surface area contributed by atoms with Crippen molar-refractivity contribution in [3.63, 3.8) is 0 Å². The highest BCUT2D eigenvalue weighted by Crippen LogP contribution is 2.29. The topological polar surface area (TPSA) is 57.1 Å². The minimum absolute atomic E-state index is 0.285. The molecule has 1 heterocycles. The fraction of sp³-hybridized carbons (Fsp3) is 0.400. The average molecular weight is 376 g/mol. The largest absolute Gasteiger partial charge is 0.673 e. The number of quaternary nitrogens is 1. The molecule has 0 aliphatic rings. The van der Waals surface area contributed by atoms with Gasteiger partial charge in [0.25, 0.3) is 0 Å². The molecule has 0 fully saturated rings. The molecule has 0 radical (unpaired) electrons. The molecule has 0 unspecified atom stereocenters. The van der Waals surface area contributed by atoms with Crippen molar-refractivity contribution in [2.24, 2.45) is 0 Å². The summed E-state index contributed by atoms with van der Waals surface area (Å²) >= 11 is 0. The van der Waals surface area contributed by atoms with Crippen LogP contribution in [0.5, 0.6) is 12.0 Å². The molecule has 1 aromatic heterocycles. The van der Waals surface area contributed by atoms with Crippen LogP contribution in [0, 0.1) is 0 Å². The second kappa shape index (κ2) is 9.32. The number of para-hydroxylation sites is 1. The zero-order valence-corrected chi connectivity index (χ0v) is 15.0. The molecule has 0 N–H and O–H groups in total. The Kier molecular flexibility index (Phi) is 7.75. The normalized spacial score (nSPS) is 11.4. The summed E-state index contributed by atoms with van der Waals surface area (Å²) in [5.41, 5.74) is 1.06. The highest BCUT2D eigenvalue weighted by Gasteiger charge is 2.28. The van der Waals surface area contributed by atoms with Gasteiger partial charge in [0.15, 0.2) is 0 Å². The Labute approximate surface area is 149 Å². The Morgan fingerprint density at radius 2 is 1.27 bits per heavy atom. The van der Waals surface area contributed by atoms with Gasteiger partial charge in [-0.25, -0.2) is 4.48 Å². The van der Waals surface area contributed by atoms with Crippen LogP contribution in [0.3, 0.4) is 0 Å². The number of rotatable bonds is 6. The van der Waals surface area contributed by atoms with Crippen LogP contribution in [-0.4, -0.2) is 49.5 Å². The summed E-state index contributed by atoms with van der Waals surface area (Å²) in [5, 5.41) is 0. The third kappa shape index (κ3) is 7.22. The average Bonchev–Trinajstić information content (AvgIpc) is 2.54. The molecule has 6 nitrogen and oxygen atoms in total. The van der Waals surface area contributed by atoms with E-state index in [4.69, 9.17) is 9.47 Å². The van der Waals surface area contributed by atoms with Gasteiger partial charge in [-0.05, 0) is 26.0 Å². The van der Waals surface area contributed by atoms with Gasteiger partial charge in [-0.2, -0.15) is 0 Å². The first kappa shape index (κ1) is 21.6. The van der Waals surface area contributed by atoms with Crippen LogP contribution < -0.4 is 14.0 Å². The summed E-state index contributed by atoms with van der Waals surface area (Å²) in [6, 6.07) is 10.6. The Balaban J connectivity index is 0.000000597. The van der Waals surface area contributed by atoms with Gasteiger partial charge < -0.3 is 26.7 Å². The van der Waals surface area contributed by atoms with Crippen molar-refractivity contribution in [1.82, 2.24) is 19.4 Å². The highest BCUT2D eigenvalue weighted by molar-refractivity contribution is 6.50. The lowest BCUT2D eigenvalue weighted by Crippen LogP contribution is -2.36. The molecule has 144 valence electrons. The maximum absolute atomic E-state index is 9.75. The van der Waals surface area contributed by atoms with Crippen molar-refractivity contribution in [2.75, 3.05) is 27.3 Å². The van der Waals surface area contributed by atoms with E-state index in [-0.39, 0.29) is 12.0 Å². The summed E-state index contributed by atoms with van der Waals surface area (Å²) in [6.45, 7) is 4.77. The van der Waals surface area contributed by atoms with E-state index in [9.17, 15) is 17.3 Å². The minimum atomic E-state index is -6.00. The van der Waals surface area contributed by atoms with E-state index in [0.717, 1.165) is 5.69 Å². The SMILES string of the molecule is CCOc1nc(OCC)nc([N+](C)(C)c2ccccc2)n1.F[B-](F)(F)F. The van der Waals surface area contributed by atoms with Crippen LogP contribution >= 0.6 is 0 Å². The van der Waals surface area contributed by atoms with E-state index < -0.39 is 7.25 Å². The molecule has 2 rings (SSSR count).